The molecule has 1 aromatic carbocycles. The second kappa shape index (κ2) is 4.01. The van der Waals surface area contributed by atoms with E-state index < -0.39 is 0 Å². The fraction of sp³-hybridized carbons (Fsp3) is 0.250. The van der Waals surface area contributed by atoms with Gasteiger partial charge in [0.05, 0.1) is 0 Å². The Morgan fingerprint density at radius 1 is 0.824 bits per heavy atom. The summed E-state index contributed by atoms with van der Waals surface area (Å²) in [5.41, 5.74) is 2.55. The third kappa shape index (κ3) is 1.69. The molecule has 0 amide bonds. The van der Waals surface area contributed by atoms with Gasteiger partial charge < -0.3 is 10.2 Å². The molecule has 5 heteroatoms. The molecule has 0 fully saturated rings. The van der Waals surface area contributed by atoms with Gasteiger partial charge >= 0.3 is 0 Å². The molecular formula is C12H13N3O2. The van der Waals surface area contributed by atoms with Gasteiger partial charge in [-0.2, -0.15) is 0 Å². The fourth-order valence-electron chi connectivity index (χ4n) is 1.70. The van der Waals surface area contributed by atoms with E-state index in [0.29, 0.717) is 0 Å². The van der Waals surface area contributed by atoms with Crippen molar-refractivity contribution in [3.63, 3.8) is 0 Å². The quantitative estimate of drug-likeness (QED) is 0.783. The molecule has 0 aliphatic carbocycles. The van der Waals surface area contributed by atoms with Gasteiger partial charge in [0.25, 0.3) is 0 Å². The van der Waals surface area contributed by atoms with Gasteiger partial charge in [-0.1, -0.05) is 0 Å². The Hall–Kier alpha value is -2.17. The molecule has 2 aromatic rings. The normalized spacial score (nSPS) is 10.5. The highest BCUT2D eigenvalue weighted by Crippen LogP contribution is 2.41. The first-order chi connectivity index (χ1) is 8.04. The maximum atomic E-state index is 10.1. The molecule has 0 saturated carbocycles. The van der Waals surface area contributed by atoms with Crippen LogP contribution in [-0.4, -0.2) is 25.2 Å². The van der Waals surface area contributed by atoms with Gasteiger partial charge in [-0.05, 0) is 37.5 Å². The van der Waals surface area contributed by atoms with Crippen LogP contribution in [0.25, 0.3) is 11.4 Å². The largest absolute Gasteiger partial charge is 0.507 e. The van der Waals surface area contributed by atoms with Crippen molar-refractivity contribution >= 4 is 0 Å². The second-order valence-corrected chi connectivity index (χ2v) is 3.91. The lowest BCUT2D eigenvalue weighted by molar-refractivity contribution is 0.447. The number of hydrogen-bond acceptors (Lipinski definition) is 5. The van der Waals surface area contributed by atoms with Crippen molar-refractivity contribution in [2.24, 2.45) is 0 Å². The molecule has 17 heavy (non-hydrogen) atoms. The summed E-state index contributed by atoms with van der Waals surface area (Å²) in [6, 6.07) is 0. The van der Waals surface area contributed by atoms with E-state index in [1.54, 1.807) is 13.8 Å². The van der Waals surface area contributed by atoms with Crippen LogP contribution in [0, 0.1) is 20.8 Å². The van der Waals surface area contributed by atoms with E-state index in [1.807, 2.05) is 6.92 Å². The Morgan fingerprint density at radius 3 is 1.76 bits per heavy atom. The first-order valence-electron chi connectivity index (χ1n) is 5.18. The van der Waals surface area contributed by atoms with Crippen molar-refractivity contribution in [1.29, 1.82) is 0 Å². The molecule has 0 saturated heterocycles. The highest BCUT2D eigenvalue weighted by atomic mass is 16.3. The predicted octanol–water partition coefficient (Wildman–Crippen LogP) is 1.88. The van der Waals surface area contributed by atoms with Crippen LogP contribution in [-0.2, 0) is 0 Å². The number of aromatic nitrogens is 3. The third-order valence-corrected chi connectivity index (χ3v) is 3.03. The van der Waals surface area contributed by atoms with Gasteiger partial charge in [0.15, 0.2) is 5.82 Å². The molecule has 1 heterocycles. The first kappa shape index (κ1) is 11.3. The SMILES string of the molecule is Cc1c(C)c(O)c(-c2ncncn2)c(O)c1C. The average Bonchev–Trinajstić information content (AvgIpc) is 2.36. The zero-order valence-corrected chi connectivity index (χ0v) is 9.89. The number of aromatic hydroxyl groups is 2. The highest BCUT2D eigenvalue weighted by Gasteiger charge is 2.19. The molecule has 2 rings (SSSR count). The minimum absolute atomic E-state index is 0.0109. The Kier molecular flexibility index (Phi) is 2.67. The van der Waals surface area contributed by atoms with Crippen LogP contribution >= 0.6 is 0 Å². The monoisotopic (exact) mass is 231 g/mol. The van der Waals surface area contributed by atoms with Crippen LogP contribution < -0.4 is 0 Å². The third-order valence-electron chi connectivity index (χ3n) is 3.03. The number of rotatable bonds is 1. The zero-order chi connectivity index (χ0) is 12.6. The lowest BCUT2D eigenvalue weighted by Gasteiger charge is -2.14. The Labute approximate surface area is 98.8 Å². The van der Waals surface area contributed by atoms with E-state index in [1.165, 1.54) is 12.7 Å². The molecule has 0 radical (unpaired) electrons. The molecular weight excluding hydrogens is 218 g/mol. The summed E-state index contributed by atoms with van der Waals surface area (Å²) in [5.74, 6) is 0.287. The minimum Gasteiger partial charge on any atom is -0.507 e. The van der Waals surface area contributed by atoms with E-state index in [9.17, 15) is 10.2 Å². The zero-order valence-electron chi connectivity index (χ0n) is 9.89. The number of nitrogens with zero attached hydrogens (tertiary/aromatic N) is 3. The van der Waals surface area contributed by atoms with Gasteiger partial charge in [0.1, 0.15) is 29.7 Å². The molecule has 1 aromatic heterocycles. The minimum atomic E-state index is 0.0109. The van der Waals surface area contributed by atoms with Crippen molar-refractivity contribution in [3.8, 4) is 22.9 Å². The van der Waals surface area contributed by atoms with E-state index in [2.05, 4.69) is 15.0 Å². The van der Waals surface area contributed by atoms with Crippen molar-refractivity contribution in [2.75, 3.05) is 0 Å². The smallest absolute Gasteiger partial charge is 0.170 e. The second-order valence-electron chi connectivity index (χ2n) is 3.91. The average molecular weight is 231 g/mol. The van der Waals surface area contributed by atoms with Crippen molar-refractivity contribution in [2.45, 2.75) is 20.8 Å². The van der Waals surface area contributed by atoms with Crippen LogP contribution in [0.1, 0.15) is 16.7 Å². The summed E-state index contributed by atoms with van der Waals surface area (Å²) in [5, 5.41) is 20.2. The van der Waals surface area contributed by atoms with Crippen LogP contribution in [0.2, 0.25) is 0 Å². The molecule has 0 aliphatic rings. The van der Waals surface area contributed by atoms with E-state index >= 15 is 0 Å². The Bertz CT molecular complexity index is 539. The summed E-state index contributed by atoms with van der Waals surface area (Å²) >= 11 is 0. The molecule has 0 unspecified atom stereocenters. The maximum absolute atomic E-state index is 10.1. The first-order valence-corrected chi connectivity index (χ1v) is 5.18. The summed E-state index contributed by atoms with van der Waals surface area (Å²) in [6.07, 6.45) is 2.65. The number of benzene rings is 1. The van der Waals surface area contributed by atoms with Gasteiger partial charge in [-0.25, -0.2) is 15.0 Å². The van der Waals surface area contributed by atoms with Gasteiger partial charge in [0.2, 0.25) is 0 Å². The lowest BCUT2D eigenvalue weighted by Crippen LogP contribution is -1.96. The maximum Gasteiger partial charge on any atom is 0.170 e. The van der Waals surface area contributed by atoms with Crippen LogP contribution in [0.5, 0.6) is 11.5 Å². The Balaban J connectivity index is 2.80. The number of phenolic OH excluding ortho intramolecular Hbond substituents is 2. The van der Waals surface area contributed by atoms with Crippen LogP contribution in [0.4, 0.5) is 0 Å². The van der Waals surface area contributed by atoms with Crippen LogP contribution in [0.3, 0.4) is 0 Å². The molecule has 5 nitrogen and oxygen atoms in total. The number of phenols is 2. The predicted molar refractivity (Wildman–Crippen MR) is 62.8 cm³/mol. The van der Waals surface area contributed by atoms with Gasteiger partial charge in [0, 0.05) is 0 Å². The topological polar surface area (TPSA) is 79.1 Å². The fourth-order valence-corrected chi connectivity index (χ4v) is 1.70. The summed E-state index contributed by atoms with van der Waals surface area (Å²) in [7, 11) is 0. The number of hydrogen-bond donors (Lipinski definition) is 2. The standard InChI is InChI=1S/C12H13N3O2/c1-6-7(2)10(16)9(11(17)8(6)3)12-14-4-13-5-15-12/h4-5,16-17H,1-3H3. The molecule has 88 valence electrons. The molecule has 0 aliphatic heterocycles. The van der Waals surface area contributed by atoms with E-state index in [-0.39, 0.29) is 22.9 Å². The van der Waals surface area contributed by atoms with Crippen molar-refractivity contribution < 1.29 is 10.2 Å². The van der Waals surface area contributed by atoms with Gasteiger partial charge in [-0.15, -0.1) is 0 Å². The summed E-state index contributed by atoms with van der Waals surface area (Å²) < 4.78 is 0. The van der Waals surface area contributed by atoms with Gasteiger partial charge in [-0.3, -0.25) is 0 Å². The van der Waals surface area contributed by atoms with E-state index in [0.717, 1.165) is 16.7 Å². The lowest BCUT2D eigenvalue weighted by atomic mass is 9.97. The summed E-state index contributed by atoms with van der Waals surface area (Å²) in [6.45, 7) is 5.44. The summed E-state index contributed by atoms with van der Waals surface area (Å²) in [4.78, 5) is 11.6. The van der Waals surface area contributed by atoms with Crippen LogP contribution in [0.15, 0.2) is 12.7 Å². The van der Waals surface area contributed by atoms with E-state index in [4.69, 9.17) is 0 Å². The molecule has 2 N–H and O–H groups in total. The molecule has 0 bridgehead atoms. The highest BCUT2D eigenvalue weighted by molar-refractivity contribution is 5.76. The van der Waals surface area contributed by atoms with Crippen molar-refractivity contribution in [1.82, 2.24) is 15.0 Å². The Morgan fingerprint density at radius 2 is 1.29 bits per heavy atom. The molecule has 0 spiro atoms. The molecule has 0 atom stereocenters. The van der Waals surface area contributed by atoms with Crippen molar-refractivity contribution in [3.05, 3.63) is 29.3 Å².